The van der Waals surface area contributed by atoms with Gasteiger partial charge in [-0.15, -0.1) is 0 Å². The van der Waals surface area contributed by atoms with Crippen LogP contribution in [0.15, 0.2) is 0 Å². The Hall–Kier alpha value is -0.180. The number of hydrogen-bond acceptors (Lipinski definition) is 2. The van der Waals surface area contributed by atoms with Gasteiger partial charge in [0.15, 0.2) is 0 Å². The van der Waals surface area contributed by atoms with Crippen LogP contribution in [0.25, 0.3) is 0 Å². The maximum Gasteiger partial charge on any atom is 0.307 e. The van der Waals surface area contributed by atoms with Crippen LogP contribution in [-0.4, -0.2) is 22.6 Å². The predicted molar refractivity (Wildman–Crippen MR) is 58.4 cm³/mol. The van der Waals surface area contributed by atoms with Gasteiger partial charge in [0.2, 0.25) is 0 Å². The van der Waals surface area contributed by atoms with E-state index in [1.165, 1.54) is 18.6 Å². The lowest BCUT2D eigenvalue weighted by atomic mass is 10.1. The van der Waals surface area contributed by atoms with E-state index in [1.54, 1.807) is 0 Å². The first-order valence-corrected chi connectivity index (χ1v) is 6.49. The van der Waals surface area contributed by atoms with Crippen LogP contribution in [0.2, 0.25) is 0 Å². The summed E-state index contributed by atoms with van der Waals surface area (Å²) in [5.74, 6) is 2.95. The molecule has 2 aliphatic rings. The van der Waals surface area contributed by atoms with Crippen LogP contribution in [0.4, 0.5) is 0 Å². The first kappa shape index (κ1) is 10.3. The topological polar surface area (TPSA) is 37.3 Å². The van der Waals surface area contributed by atoms with Crippen LogP contribution in [0, 0.1) is 23.2 Å². The van der Waals surface area contributed by atoms with Crippen molar-refractivity contribution in [3.63, 3.8) is 0 Å². The molecule has 0 saturated heterocycles. The molecule has 0 heterocycles. The zero-order valence-corrected chi connectivity index (χ0v) is 9.64. The summed E-state index contributed by atoms with van der Waals surface area (Å²) in [5.41, 5.74) is 0.0440. The second-order valence-corrected chi connectivity index (χ2v) is 6.30. The Morgan fingerprint density at radius 2 is 2.07 bits per heavy atom. The lowest BCUT2D eigenvalue weighted by molar-refractivity contribution is -0.139. The van der Waals surface area contributed by atoms with E-state index in [2.05, 4.69) is 13.8 Å². The van der Waals surface area contributed by atoms with Crippen molar-refractivity contribution in [1.29, 1.82) is 0 Å². The van der Waals surface area contributed by atoms with Crippen LogP contribution in [0.3, 0.4) is 0 Å². The number of rotatable bonds is 5. The first-order valence-electron chi connectivity index (χ1n) is 5.34. The fraction of sp³-hybridized carbons (Fsp3) is 0.909. The molecule has 14 heavy (non-hydrogen) atoms. The van der Waals surface area contributed by atoms with Gasteiger partial charge in [0, 0.05) is 0 Å². The molecule has 0 spiro atoms. The van der Waals surface area contributed by atoms with Gasteiger partial charge in [0.25, 0.3) is 0 Å². The molecule has 2 nitrogen and oxygen atoms in total. The zero-order valence-electron chi connectivity index (χ0n) is 8.82. The molecule has 2 atom stereocenters. The van der Waals surface area contributed by atoms with E-state index >= 15 is 0 Å². The monoisotopic (exact) mass is 214 g/mol. The highest BCUT2D eigenvalue weighted by molar-refractivity contribution is 7.99. The van der Waals surface area contributed by atoms with Gasteiger partial charge in [0.1, 0.15) is 0 Å². The molecule has 0 unspecified atom stereocenters. The highest BCUT2D eigenvalue weighted by Gasteiger charge is 2.61. The van der Waals surface area contributed by atoms with Gasteiger partial charge in [-0.05, 0) is 41.6 Å². The molecule has 1 N–H and O–H groups in total. The summed E-state index contributed by atoms with van der Waals surface area (Å²) < 4.78 is 0. The van der Waals surface area contributed by atoms with Gasteiger partial charge in [-0.2, -0.15) is 11.8 Å². The molecular weight excluding hydrogens is 196 g/mol. The maximum atomic E-state index is 10.9. The van der Waals surface area contributed by atoms with E-state index in [0.29, 0.717) is 5.92 Å². The van der Waals surface area contributed by atoms with Crippen molar-refractivity contribution in [2.75, 3.05) is 11.5 Å². The van der Waals surface area contributed by atoms with Crippen molar-refractivity contribution in [2.24, 2.45) is 23.2 Å². The van der Waals surface area contributed by atoms with Gasteiger partial charge in [-0.1, -0.05) is 13.8 Å². The quantitative estimate of drug-likeness (QED) is 0.764. The van der Waals surface area contributed by atoms with Gasteiger partial charge in [0.05, 0.1) is 5.92 Å². The van der Waals surface area contributed by atoms with Crippen molar-refractivity contribution in [1.82, 2.24) is 0 Å². The Balaban J connectivity index is 1.73. The minimum Gasteiger partial charge on any atom is -0.481 e. The largest absolute Gasteiger partial charge is 0.481 e. The summed E-state index contributed by atoms with van der Waals surface area (Å²) >= 11 is 1.95. The predicted octanol–water partition coefficient (Wildman–Crippen LogP) is 2.49. The standard InChI is InChI=1S/C11H18O2S/c1-11(2)8(9(11)10(12)13)6-14-5-7-3-4-7/h7-9H,3-6H2,1-2H3,(H,12,13)/t8-,9-/m0/s1. The van der Waals surface area contributed by atoms with E-state index in [9.17, 15) is 4.79 Å². The van der Waals surface area contributed by atoms with Crippen molar-refractivity contribution in [3.8, 4) is 0 Å². The number of aliphatic carboxylic acids is 1. The van der Waals surface area contributed by atoms with Gasteiger partial charge >= 0.3 is 5.97 Å². The molecular formula is C11H18O2S. The van der Waals surface area contributed by atoms with Crippen molar-refractivity contribution >= 4 is 17.7 Å². The minimum atomic E-state index is -0.605. The second-order valence-electron chi connectivity index (χ2n) is 5.22. The lowest BCUT2D eigenvalue weighted by Crippen LogP contribution is -2.03. The summed E-state index contributed by atoms with van der Waals surface area (Å²) in [7, 11) is 0. The lowest BCUT2D eigenvalue weighted by Gasteiger charge is -2.01. The zero-order chi connectivity index (χ0) is 10.3. The highest BCUT2D eigenvalue weighted by Crippen LogP contribution is 2.59. The molecule has 2 aliphatic carbocycles. The summed E-state index contributed by atoms with van der Waals surface area (Å²) in [5, 5.41) is 8.97. The fourth-order valence-corrected chi connectivity index (χ4v) is 3.87. The Morgan fingerprint density at radius 1 is 1.43 bits per heavy atom. The molecule has 0 radical (unpaired) electrons. The number of carbonyl (C=O) groups is 1. The smallest absolute Gasteiger partial charge is 0.307 e. The number of carboxylic acid groups (broad SMARTS) is 1. The Kier molecular flexibility index (Phi) is 2.54. The second kappa shape index (κ2) is 3.44. The van der Waals surface area contributed by atoms with Gasteiger partial charge in [-0.25, -0.2) is 0 Å². The van der Waals surface area contributed by atoms with Crippen LogP contribution in [0.1, 0.15) is 26.7 Å². The van der Waals surface area contributed by atoms with Crippen LogP contribution in [-0.2, 0) is 4.79 Å². The van der Waals surface area contributed by atoms with E-state index in [1.807, 2.05) is 11.8 Å². The summed E-state index contributed by atoms with van der Waals surface area (Å²) in [4.78, 5) is 10.9. The molecule has 2 saturated carbocycles. The third kappa shape index (κ3) is 1.92. The molecule has 0 aliphatic heterocycles. The van der Waals surface area contributed by atoms with Crippen molar-refractivity contribution in [2.45, 2.75) is 26.7 Å². The minimum absolute atomic E-state index is 0.0440. The van der Waals surface area contributed by atoms with E-state index < -0.39 is 5.97 Å². The van der Waals surface area contributed by atoms with Crippen LogP contribution >= 0.6 is 11.8 Å². The molecule has 3 heteroatoms. The third-order valence-electron chi connectivity index (χ3n) is 3.66. The summed E-state index contributed by atoms with van der Waals surface area (Å²) in [6.45, 7) is 4.16. The maximum absolute atomic E-state index is 10.9. The van der Waals surface area contributed by atoms with Crippen molar-refractivity contribution in [3.05, 3.63) is 0 Å². The molecule has 2 fully saturated rings. The Labute approximate surface area is 89.5 Å². The fourth-order valence-electron chi connectivity index (χ4n) is 2.19. The number of thioether (sulfide) groups is 1. The van der Waals surface area contributed by atoms with Gasteiger partial charge in [-0.3, -0.25) is 4.79 Å². The van der Waals surface area contributed by atoms with Crippen LogP contribution < -0.4 is 0 Å². The van der Waals surface area contributed by atoms with Gasteiger partial charge < -0.3 is 5.11 Å². The first-order chi connectivity index (χ1) is 6.53. The summed E-state index contributed by atoms with van der Waals surface area (Å²) in [6, 6.07) is 0. The average molecular weight is 214 g/mol. The van der Waals surface area contributed by atoms with E-state index in [0.717, 1.165) is 11.7 Å². The molecule has 2 rings (SSSR count). The molecule has 80 valence electrons. The Bertz CT molecular complexity index is 246. The molecule has 0 aromatic carbocycles. The summed E-state index contributed by atoms with van der Waals surface area (Å²) in [6.07, 6.45) is 2.78. The van der Waals surface area contributed by atoms with Crippen molar-refractivity contribution < 1.29 is 9.90 Å². The normalized spacial score (nSPS) is 34.1. The van der Waals surface area contributed by atoms with E-state index in [4.69, 9.17) is 5.11 Å². The number of hydrogen-bond donors (Lipinski definition) is 1. The van der Waals surface area contributed by atoms with Crippen LogP contribution in [0.5, 0.6) is 0 Å². The van der Waals surface area contributed by atoms with E-state index in [-0.39, 0.29) is 11.3 Å². The molecule has 0 bridgehead atoms. The SMILES string of the molecule is CC1(C)[C@H](C(=O)O)[C@@H]1CSCC1CC1. The molecule has 0 aromatic heterocycles. The average Bonchev–Trinajstić information content (AvgIpc) is 2.91. The molecule has 0 amide bonds. The highest BCUT2D eigenvalue weighted by atomic mass is 32.2. The third-order valence-corrected chi connectivity index (χ3v) is 4.97. The Morgan fingerprint density at radius 3 is 2.50 bits per heavy atom. The molecule has 0 aromatic rings. The number of carboxylic acids is 1.